The second kappa shape index (κ2) is 8.08. The van der Waals surface area contributed by atoms with Crippen LogP contribution in [0.1, 0.15) is 61.5 Å². The molecule has 0 bridgehead atoms. The van der Waals surface area contributed by atoms with Gasteiger partial charge >= 0.3 is 0 Å². The number of Topliss-reactive ketones (excluding diaryl/α,β-unsaturated/α-hetero) is 1. The fourth-order valence-electron chi connectivity index (χ4n) is 4.26. The van der Waals surface area contributed by atoms with Crippen molar-refractivity contribution in [3.8, 4) is 0 Å². The molecule has 0 radical (unpaired) electrons. The largest absolute Gasteiger partial charge is 0.300 e. The monoisotopic (exact) mass is 426 g/mol. The molecule has 7 heteroatoms. The van der Waals surface area contributed by atoms with Crippen LogP contribution in [0.5, 0.6) is 0 Å². The molecule has 0 amide bonds. The molecule has 0 N–H and O–H groups in total. The minimum Gasteiger partial charge on any atom is -0.300 e. The summed E-state index contributed by atoms with van der Waals surface area (Å²) in [5.41, 5.74) is 0.480. The number of ketones is 1. The van der Waals surface area contributed by atoms with Gasteiger partial charge in [-0.1, -0.05) is 0 Å². The SMILES string of the molecule is O=C(CC(c1cc(F)c(F)c(F)c1)C1CC1)CC(c1cc(F)c(F)c(F)c1)C1CC1. The van der Waals surface area contributed by atoms with Gasteiger partial charge in [0.05, 0.1) is 0 Å². The van der Waals surface area contributed by atoms with Crippen molar-refractivity contribution in [3.05, 3.63) is 70.3 Å². The molecule has 2 unspecified atom stereocenters. The first kappa shape index (κ1) is 20.9. The standard InChI is InChI=1S/C23H20F6O/c24-18-5-13(6-19(25)22(18)28)16(11-1-2-11)9-15(30)10-17(12-3-4-12)14-7-20(26)23(29)21(27)8-14/h5-8,11-12,16-17H,1-4,9-10H2. The van der Waals surface area contributed by atoms with E-state index in [0.29, 0.717) is 0 Å². The third-order valence-corrected chi connectivity index (χ3v) is 6.15. The lowest BCUT2D eigenvalue weighted by Gasteiger charge is -2.20. The van der Waals surface area contributed by atoms with Crippen molar-refractivity contribution in [1.29, 1.82) is 0 Å². The number of carbonyl (C=O) groups is 1. The number of carbonyl (C=O) groups excluding carboxylic acids is 1. The summed E-state index contributed by atoms with van der Waals surface area (Å²) in [6.45, 7) is 0. The van der Waals surface area contributed by atoms with E-state index in [1.165, 1.54) is 0 Å². The van der Waals surface area contributed by atoms with Gasteiger partial charge in [-0.2, -0.15) is 0 Å². The Balaban J connectivity index is 1.53. The van der Waals surface area contributed by atoms with Crippen LogP contribution in [0.3, 0.4) is 0 Å². The van der Waals surface area contributed by atoms with E-state index in [1.807, 2.05) is 0 Å². The number of hydrogen-bond acceptors (Lipinski definition) is 1. The summed E-state index contributed by atoms with van der Waals surface area (Å²) < 4.78 is 81.3. The Hall–Kier alpha value is -2.31. The van der Waals surface area contributed by atoms with Crippen molar-refractivity contribution < 1.29 is 31.1 Å². The first-order valence-electron chi connectivity index (χ1n) is 10.0. The van der Waals surface area contributed by atoms with Gasteiger partial charge in [0.15, 0.2) is 34.9 Å². The molecule has 0 spiro atoms. The summed E-state index contributed by atoms with van der Waals surface area (Å²) in [6.07, 6.45) is 3.23. The summed E-state index contributed by atoms with van der Waals surface area (Å²) in [4.78, 5) is 12.8. The Morgan fingerprint density at radius 2 is 0.967 bits per heavy atom. The van der Waals surface area contributed by atoms with Crippen LogP contribution in [0.4, 0.5) is 26.3 Å². The average Bonchev–Trinajstić information content (AvgIpc) is 3.59. The highest BCUT2D eigenvalue weighted by Gasteiger charge is 2.38. The van der Waals surface area contributed by atoms with Crippen LogP contribution in [0.15, 0.2) is 24.3 Å². The van der Waals surface area contributed by atoms with Crippen LogP contribution in [-0.2, 0) is 4.79 Å². The normalized spacial score (nSPS) is 18.3. The molecule has 0 aromatic heterocycles. The molecular weight excluding hydrogens is 406 g/mol. The van der Waals surface area contributed by atoms with E-state index >= 15 is 0 Å². The smallest absolute Gasteiger partial charge is 0.194 e. The minimum atomic E-state index is -1.55. The van der Waals surface area contributed by atoms with E-state index < -0.39 is 46.7 Å². The fraction of sp³-hybridized carbons (Fsp3) is 0.435. The highest BCUT2D eigenvalue weighted by Crippen LogP contribution is 2.48. The van der Waals surface area contributed by atoms with Gasteiger partial charge < -0.3 is 0 Å². The van der Waals surface area contributed by atoms with E-state index in [4.69, 9.17) is 0 Å². The van der Waals surface area contributed by atoms with Gasteiger partial charge in [0.2, 0.25) is 0 Å². The van der Waals surface area contributed by atoms with Crippen LogP contribution in [0.25, 0.3) is 0 Å². The third kappa shape index (κ3) is 4.40. The summed E-state index contributed by atoms with van der Waals surface area (Å²) in [5, 5.41) is 0. The molecule has 2 atom stereocenters. The number of hydrogen-bond donors (Lipinski definition) is 0. The lowest BCUT2D eigenvalue weighted by atomic mass is 9.83. The van der Waals surface area contributed by atoms with Crippen molar-refractivity contribution in [2.24, 2.45) is 11.8 Å². The second-order valence-electron chi connectivity index (χ2n) is 8.43. The van der Waals surface area contributed by atoms with E-state index in [2.05, 4.69) is 0 Å². The zero-order valence-corrected chi connectivity index (χ0v) is 16.0. The maximum atomic E-state index is 13.7. The molecule has 0 aliphatic heterocycles. The molecule has 2 fully saturated rings. The maximum absolute atomic E-state index is 13.7. The van der Waals surface area contributed by atoms with E-state index in [1.54, 1.807) is 0 Å². The number of rotatable bonds is 8. The Morgan fingerprint density at radius 1 is 0.667 bits per heavy atom. The summed E-state index contributed by atoms with van der Waals surface area (Å²) >= 11 is 0. The molecule has 0 saturated heterocycles. The highest BCUT2D eigenvalue weighted by molar-refractivity contribution is 5.80. The zero-order chi connectivity index (χ0) is 21.6. The summed E-state index contributed by atoms with van der Waals surface area (Å²) in [6, 6.07) is 3.71. The predicted octanol–water partition coefficient (Wildman–Crippen LogP) is 6.56. The first-order valence-corrected chi connectivity index (χ1v) is 10.0. The van der Waals surface area contributed by atoms with Crippen LogP contribution in [-0.4, -0.2) is 5.78 Å². The predicted molar refractivity (Wildman–Crippen MR) is 97.8 cm³/mol. The van der Waals surface area contributed by atoms with Crippen LogP contribution >= 0.6 is 0 Å². The Labute approximate surface area is 170 Å². The lowest BCUT2D eigenvalue weighted by molar-refractivity contribution is -0.120. The molecular formula is C23H20F6O. The number of halogens is 6. The highest BCUT2D eigenvalue weighted by atomic mass is 19.2. The number of benzene rings is 2. The van der Waals surface area contributed by atoms with E-state index in [9.17, 15) is 31.1 Å². The van der Waals surface area contributed by atoms with Gasteiger partial charge in [-0.3, -0.25) is 4.79 Å². The molecule has 2 aliphatic carbocycles. The minimum absolute atomic E-state index is 0.00452. The first-order chi connectivity index (χ1) is 14.2. The molecule has 2 aromatic carbocycles. The Kier molecular flexibility index (Phi) is 5.64. The van der Waals surface area contributed by atoms with E-state index in [0.717, 1.165) is 49.9 Å². The van der Waals surface area contributed by atoms with Crippen molar-refractivity contribution >= 4 is 5.78 Å². The van der Waals surface area contributed by atoms with Crippen molar-refractivity contribution in [1.82, 2.24) is 0 Å². The van der Waals surface area contributed by atoms with Crippen LogP contribution in [0.2, 0.25) is 0 Å². The Bertz CT molecular complexity index is 856. The van der Waals surface area contributed by atoms with Gasteiger partial charge in [0, 0.05) is 12.8 Å². The molecule has 2 aromatic rings. The third-order valence-electron chi connectivity index (χ3n) is 6.15. The molecule has 1 nitrogen and oxygen atoms in total. The van der Waals surface area contributed by atoms with Crippen molar-refractivity contribution in [2.75, 3.05) is 0 Å². The van der Waals surface area contributed by atoms with Crippen LogP contribution in [0, 0.1) is 46.7 Å². The van der Waals surface area contributed by atoms with Crippen molar-refractivity contribution in [3.63, 3.8) is 0 Å². The topological polar surface area (TPSA) is 17.1 Å². The zero-order valence-electron chi connectivity index (χ0n) is 16.0. The second-order valence-corrected chi connectivity index (χ2v) is 8.43. The lowest BCUT2D eigenvalue weighted by Crippen LogP contribution is -2.15. The van der Waals surface area contributed by atoms with Gasteiger partial charge in [-0.05, 0) is 84.7 Å². The molecule has 30 heavy (non-hydrogen) atoms. The van der Waals surface area contributed by atoms with Gasteiger partial charge in [0.1, 0.15) is 5.78 Å². The molecule has 0 heterocycles. The summed E-state index contributed by atoms with van der Waals surface area (Å²) in [7, 11) is 0. The molecule has 160 valence electrons. The molecule has 2 aliphatic rings. The van der Waals surface area contributed by atoms with Gasteiger partial charge in [0.25, 0.3) is 0 Å². The molecule has 4 rings (SSSR count). The van der Waals surface area contributed by atoms with Crippen LogP contribution < -0.4 is 0 Å². The van der Waals surface area contributed by atoms with Crippen molar-refractivity contribution in [2.45, 2.75) is 50.4 Å². The van der Waals surface area contributed by atoms with Gasteiger partial charge in [-0.25, -0.2) is 26.3 Å². The Morgan fingerprint density at radius 3 is 1.23 bits per heavy atom. The summed E-state index contributed by atoms with van der Waals surface area (Å²) in [5.74, 6) is -9.20. The average molecular weight is 426 g/mol. The molecule has 2 saturated carbocycles. The maximum Gasteiger partial charge on any atom is 0.194 e. The quantitative estimate of drug-likeness (QED) is 0.345. The van der Waals surface area contributed by atoms with E-state index in [-0.39, 0.29) is 41.6 Å². The fourth-order valence-corrected chi connectivity index (χ4v) is 4.26. The van der Waals surface area contributed by atoms with Gasteiger partial charge in [-0.15, -0.1) is 0 Å².